The lowest BCUT2D eigenvalue weighted by atomic mass is 10.0. The van der Waals surface area contributed by atoms with Crippen molar-refractivity contribution in [3.8, 4) is 0 Å². The minimum atomic E-state index is -0.0874. The molecule has 6 heteroatoms. The Morgan fingerprint density at radius 2 is 1.75 bits per heavy atom. The van der Waals surface area contributed by atoms with Gasteiger partial charge in [-0.3, -0.25) is 0 Å². The van der Waals surface area contributed by atoms with Crippen molar-refractivity contribution in [3.05, 3.63) is 35.4 Å². The molecular formula is C18H30ClN3OS. The first-order valence-corrected chi connectivity index (χ1v) is 9.74. The molecule has 2 rings (SSSR count). The summed E-state index contributed by atoms with van der Waals surface area (Å²) in [6, 6.07) is 7.91. The van der Waals surface area contributed by atoms with Crippen LogP contribution < -0.4 is 16.4 Å². The molecule has 24 heavy (non-hydrogen) atoms. The number of benzene rings is 1. The fourth-order valence-corrected chi connectivity index (χ4v) is 4.10. The number of hydrogen-bond acceptors (Lipinski definition) is 3. The second-order valence-corrected chi connectivity index (χ2v) is 7.52. The highest BCUT2D eigenvalue weighted by molar-refractivity contribution is 7.99. The molecule has 1 aromatic rings. The van der Waals surface area contributed by atoms with E-state index in [1.807, 2.05) is 24.3 Å². The minimum absolute atomic E-state index is 0. The maximum atomic E-state index is 11.8. The van der Waals surface area contributed by atoms with Crippen LogP contribution in [0.3, 0.4) is 0 Å². The number of carbonyl (C=O) groups is 1. The van der Waals surface area contributed by atoms with Crippen LogP contribution in [-0.2, 0) is 13.1 Å². The first-order valence-electron chi connectivity index (χ1n) is 8.69. The van der Waals surface area contributed by atoms with E-state index in [1.165, 1.54) is 32.1 Å². The maximum Gasteiger partial charge on any atom is 0.315 e. The lowest BCUT2D eigenvalue weighted by Crippen LogP contribution is -2.35. The van der Waals surface area contributed by atoms with Gasteiger partial charge in [-0.25, -0.2) is 4.79 Å². The van der Waals surface area contributed by atoms with Crippen molar-refractivity contribution in [3.63, 3.8) is 0 Å². The van der Waals surface area contributed by atoms with E-state index < -0.39 is 0 Å². The van der Waals surface area contributed by atoms with Crippen LogP contribution in [-0.4, -0.2) is 23.6 Å². The summed E-state index contributed by atoms with van der Waals surface area (Å²) in [6.45, 7) is 1.85. The van der Waals surface area contributed by atoms with Gasteiger partial charge in [-0.2, -0.15) is 11.8 Å². The van der Waals surface area contributed by atoms with Crippen LogP contribution in [0.15, 0.2) is 24.3 Å². The van der Waals surface area contributed by atoms with Crippen LogP contribution in [0.4, 0.5) is 4.79 Å². The summed E-state index contributed by atoms with van der Waals surface area (Å²) in [7, 11) is 0. The average molecular weight is 372 g/mol. The molecule has 0 unspecified atom stereocenters. The fourth-order valence-electron chi connectivity index (χ4n) is 2.79. The molecule has 0 radical (unpaired) electrons. The van der Waals surface area contributed by atoms with E-state index in [1.54, 1.807) is 0 Å². The topological polar surface area (TPSA) is 67.1 Å². The average Bonchev–Trinajstić information content (AvgIpc) is 2.61. The molecule has 136 valence electrons. The largest absolute Gasteiger partial charge is 0.338 e. The summed E-state index contributed by atoms with van der Waals surface area (Å²) in [5.41, 5.74) is 7.76. The molecule has 1 fully saturated rings. The van der Waals surface area contributed by atoms with Gasteiger partial charge in [0.05, 0.1) is 0 Å². The van der Waals surface area contributed by atoms with Crippen LogP contribution in [0.25, 0.3) is 0 Å². The summed E-state index contributed by atoms with van der Waals surface area (Å²) in [4.78, 5) is 11.8. The van der Waals surface area contributed by atoms with E-state index in [2.05, 4.69) is 22.4 Å². The van der Waals surface area contributed by atoms with E-state index >= 15 is 0 Å². The quantitative estimate of drug-likeness (QED) is 0.608. The van der Waals surface area contributed by atoms with Gasteiger partial charge in [0.15, 0.2) is 0 Å². The first-order chi connectivity index (χ1) is 11.3. The lowest BCUT2D eigenvalue weighted by Gasteiger charge is -2.20. The van der Waals surface area contributed by atoms with E-state index in [4.69, 9.17) is 5.73 Å². The Hall–Kier alpha value is -0.910. The predicted octanol–water partition coefficient (Wildman–Crippen LogP) is 3.82. The van der Waals surface area contributed by atoms with Gasteiger partial charge in [-0.05, 0) is 36.1 Å². The second-order valence-electron chi connectivity index (χ2n) is 6.11. The van der Waals surface area contributed by atoms with Gasteiger partial charge in [-0.1, -0.05) is 43.5 Å². The zero-order chi connectivity index (χ0) is 16.3. The summed E-state index contributed by atoms with van der Waals surface area (Å²) in [5, 5.41) is 6.67. The van der Waals surface area contributed by atoms with E-state index in [-0.39, 0.29) is 18.4 Å². The third kappa shape index (κ3) is 8.27. The van der Waals surface area contributed by atoms with Crippen molar-refractivity contribution in [2.24, 2.45) is 5.73 Å². The van der Waals surface area contributed by atoms with Crippen molar-refractivity contribution in [2.45, 2.75) is 56.9 Å². The molecule has 4 nitrogen and oxygen atoms in total. The number of nitrogens with two attached hydrogens (primary N) is 1. The molecule has 2 amide bonds. The van der Waals surface area contributed by atoms with Gasteiger partial charge >= 0.3 is 6.03 Å². The maximum absolute atomic E-state index is 11.8. The van der Waals surface area contributed by atoms with Crippen LogP contribution in [0.1, 0.15) is 49.7 Å². The number of rotatable bonds is 8. The standard InChI is InChI=1S/C18H29N3OS.ClH/c19-13-15-7-9-16(10-8-15)14-21-18(22)20-11-4-12-23-17-5-2-1-3-6-17;/h7-10,17H,1-6,11-14,19H2,(H2,20,21,22);1H. The van der Waals surface area contributed by atoms with Gasteiger partial charge in [0.1, 0.15) is 0 Å². The smallest absolute Gasteiger partial charge is 0.315 e. The van der Waals surface area contributed by atoms with Gasteiger partial charge in [0.2, 0.25) is 0 Å². The Morgan fingerprint density at radius 1 is 1.08 bits per heavy atom. The summed E-state index contributed by atoms with van der Waals surface area (Å²) < 4.78 is 0. The highest BCUT2D eigenvalue weighted by atomic mass is 35.5. The van der Waals surface area contributed by atoms with Crippen molar-refractivity contribution in [2.75, 3.05) is 12.3 Å². The number of nitrogens with one attached hydrogen (secondary N) is 2. The molecule has 0 bridgehead atoms. The van der Waals surface area contributed by atoms with Crippen LogP contribution >= 0.6 is 24.2 Å². The Labute approximate surface area is 156 Å². The molecule has 0 aliphatic heterocycles. The SMILES string of the molecule is Cl.NCc1ccc(CNC(=O)NCCCSC2CCCCC2)cc1. The van der Waals surface area contributed by atoms with E-state index in [0.717, 1.165) is 35.1 Å². The van der Waals surface area contributed by atoms with Crippen molar-refractivity contribution in [1.82, 2.24) is 10.6 Å². The number of amides is 2. The summed E-state index contributed by atoms with van der Waals surface area (Å²) in [6.07, 6.45) is 7.99. The number of urea groups is 1. The Morgan fingerprint density at radius 3 is 2.42 bits per heavy atom. The zero-order valence-electron chi connectivity index (χ0n) is 14.3. The third-order valence-corrected chi connectivity index (χ3v) is 5.69. The molecule has 4 N–H and O–H groups in total. The van der Waals surface area contributed by atoms with Crippen molar-refractivity contribution >= 4 is 30.2 Å². The molecule has 1 saturated carbocycles. The highest BCUT2D eigenvalue weighted by Gasteiger charge is 2.12. The number of hydrogen-bond donors (Lipinski definition) is 3. The number of thioether (sulfide) groups is 1. The Balaban J connectivity index is 0.00000288. The van der Waals surface area contributed by atoms with Crippen LogP contribution in [0.5, 0.6) is 0 Å². The number of carbonyl (C=O) groups excluding carboxylic acids is 1. The highest BCUT2D eigenvalue weighted by Crippen LogP contribution is 2.28. The molecule has 1 aliphatic carbocycles. The van der Waals surface area contributed by atoms with Gasteiger partial charge in [-0.15, -0.1) is 12.4 Å². The first kappa shape index (κ1) is 21.1. The molecule has 0 spiro atoms. The summed E-state index contributed by atoms with van der Waals surface area (Å²) >= 11 is 2.08. The van der Waals surface area contributed by atoms with Crippen LogP contribution in [0.2, 0.25) is 0 Å². The normalized spacial score (nSPS) is 14.7. The van der Waals surface area contributed by atoms with Gasteiger partial charge in [0, 0.05) is 24.9 Å². The molecule has 0 atom stereocenters. The van der Waals surface area contributed by atoms with Gasteiger partial charge in [0.25, 0.3) is 0 Å². The van der Waals surface area contributed by atoms with Crippen LogP contribution in [0, 0.1) is 0 Å². The Bertz CT molecular complexity index is 464. The summed E-state index contributed by atoms with van der Waals surface area (Å²) in [5.74, 6) is 1.14. The lowest BCUT2D eigenvalue weighted by molar-refractivity contribution is 0.240. The predicted molar refractivity (Wildman–Crippen MR) is 106 cm³/mol. The second kappa shape index (κ2) is 12.5. The molecule has 0 saturated heterocycles. The molecule has 0 aromatic heterocycles. The molecular weight excluding hydrogens is 342 g/mol. The van der Waals surface area contributed by atoms with Crippen molar-refractivity contribution < 1.29 is 4.79 Å². The Kier molecular flexibility index (Phi) is 11.0. The van der Waals surface area contributed by atoms with Crippen molar-refractivity contribution in [1.29, 1.82) is 0 Å². The monoisotopic (exact) mass is 371 g/mol. The number of halogens is 1. The molecule has 1 aliphatic rings. The minimum Gasteiger partial charge on any atom is -0.338 e. The van der Waals surface area contributed by atoms with Gasteiger partial charge < -0.3 is 16.4 Å². The van der Waals surface area contributed by atoms with E-state index in [0.29, 0.717) is 13.1 Å². The molecule has 0 heterocycles. The molecule has 1 aromatic carbocycles. The van der Waals surface area contributed by atoms with E-state index in [9.17, 15) is 4.79 Å². The fraction of sp³-hybridized carbons (Fsp3) is 0.611. The zero-order valence-corrected chi connectivity index (χ0v) is 15.9. The third-order valence-electron chi connectivity index (χ3n) is 4.22.